The van der Waals surface area contributed by atoms with Crippen LogP contribution in [-0.2, 0) is 5.75 Å². The fraction of sp³-hybridized carbons (Fsp3) is 0.143. The number of para-hydroxylation sites is 1. The number of pyridine rings is 1. The lowest BCUT2D eigenvalue weighted by Crippen LogP contribution is -1.98. The molecule has 2 aromatic heterocycles. The summed E-state index contributed by atoms with van der Waals surface area (Å²) in [6.07, 6.45) is 1.86. The predicted molar refractivity (Wildman–Crippen MR) is 82.5 cm³/mol. The van der Waals surface area contributed by atoms with Gasteiger partial charge in [0.15, 0.2) is 0 Å². The molecule has 0 amide bonds. The standard InChI is InChI=1S/C14H14N6S/c1-15-13-8-7-11(9-16-13)10-21-14-17-18-19-20(14)12-5-3-2-4-6-12/h2-9H,10H2,1H3,(H,15,16). The number of hydrogen-bond donors (Lipinski definition) is 1. The van der Waals surface area contributed by atoms with Crippen molar-refractivity contribution in [1.29, 1.82) is 0 Å². The van der Waals surface area contributed by atoms with Gasteiger partial charge in [-0.1, -0.05) is 36.0 Å². The van der Waals surface area contributed by atoms with E-state index in [1.165, 1.54) is 0 Å². The maximum Gasteiger partial charge on any atom is 0.214 e. The van der Waals surface area contributed by atoms with Crippen LogP contribution in [-0.4, -0.2) is 32.2 Å². The van der Waals surface area contributed by atoms with E-state index in [-0.39, 0.29) is 0 Å². The third kappa shape index (κ3) is 3.19. The van der Waals surface area contributed by atoms with E-state index in [2.05, 4.69) is 25.8 Å². The van der Waals surface area contributed by atoms with Gasteiger partial charge in [-0.2, -0.15) is 4.68 Å². The molecule has 7 heteroatoms. The van der Waals surface area contributed by atoms with Crippen LogP contribution in [0.5, 0.6) is 0 Å². The van der Waals surface area contributed by atoms with Crippen molar-refractivity contribution in [2.75, 3.05) is 12.4 Å². The molecule has 3 rings (SSSR count). The highest BCUT2D eigenvalue weighted by Gasteiger charge is 2.08. The van der Waals surface area contributed by atoms with Crippen LogP contribution in [0, 0.1) is 0 Å². The third-order valence-corrected chi connectivity index (χ3v) is 3.88. The van der Waals surface area contributed by atoms with Crippen molar-refractivity contribution in [3.63, 3.8) is 0 Å². The molecule has 0 fully saturated rings. The molecule has 2 heterocycles. The van der Waals surface area contributed by atoms with E-state index < -0.39 is 0 Å². The quantitative estimate of drug-likeness (QED) is 0.729. The summed E-state index contributed by atoms with van der Waals surface area (Å²) in [5.41, 5.74) is 2.08. The molecule has 1 aromatic carbocycles. The van der Waals surface area contributed by atoms with Crippen LogP contribution in [0.1, 0.15) is 5.56 Å². The first-order chi connectivity index (χ1) is 10.4. The van der Waals surface area contributed by atoms with E-state index in [1.54, 1.807) is 16.4 Å². The van der Waals surface area contributed by atoms with Crippen LogP contribution in [0.25, 0.3) is 5.69 Å². The fourth-order valence-corrected chi connectivity index (χ4v) is 2.63. The van der Waals surface area contributed by atoms with Gasteiger partial charge >= 0.3 is 0 Å². The Morgan fingerprint density at radius 1 is 1.14 bits per heavy atom. The maximum absolute atomic E-state index is 4.29. The molecule has 0 bridgehead atoms. The van der Waals surface area contributed by atoms with Gasteiger partial charge in [0.25, 0.3) is 0 Å². The van der Waals surface area contributed by atoms with Gasteiger partial charge in [0.2, 0.25) is 5.16 Å². The second kappa shape index (κ2) is 6.36. The molecule has 106 valence electrons. The Labute approximate surface area is 126 Å². The molecular formula is C14H14N6S. The van der Waals surface area contributed by atoms with Crippen molar-refractivity contribution in [3.05, 3.63) is 54.2 Å². The highest BCUT2D eigenvalue weighted by atomic mass is 32.2. The zero-order chi connectivity index (χ0) is 14.5. The van der Waals surface area contributed by atoms with Crippen molar-refractivity contribution >= 4 is 17.6 Å². The average molecular weight is 298 g/mol. The first kappa shape index (κ1) is 13.6. The Bertz CT molecular complexity index is 695. The minimum Gasteiger partial charge on any atom is -0.373 e. The number of anilines is 1. The molecule has 3 aromatic rings. The van der Waals surface area contributed by atoms with E-state index in [1.807, 2.05) is 55.7 Å². The number of thioether (sulfide) groups is 1. The lowest BCUT2D eigenvalue weighted by Gasteiger charge is -2.04. The molecule has 0 radical (unpaired) electrons. The highest BCUT2D eigenvalue weighted by molar-refractivity contribution is 7.98. The first-order valence-corrected chi connectivity index (χ1v) is 7.44. The summed E-state index contributed by atoms with van der Waals surface area (Å²) < 4.78 is 1.74. The molecule has 0 aliphatic heterocycles. The molecule has 0 spiro atoms. The Kier molecular flexibility index (Phi) is 4.11. The van der Waals surface area contributed by atoms with Gasteiger partial charge in [0, 0.05) is 19.0 Å². The molecule has 0 saturated carbocycles. The van der Waals surface area contributed by atoms with Gasteiger partial charge in [-0.15, -0.1) is 5.10 Å². The molecule has 6 nitrogen and oxygen atoms in total. The normalized spacial score (nSPS) is 10.5. The van der Waals surface area contributed by atoms with Crippen LogP contribution in [0.15, 0.2) is 53.8 Å². The van der Waals surface area contributed by atoms with Crippen molar-refractivity contribution in [3.8, 4) is 5.69 Å². The lowest BCUT2D eigenvalue weighted by molar-refractivity contribution is 0.756. The number of aromatic nitrogens is 5. The number of nitrogens with one attached hydrogen (secondary N) is 1. The second-order valence-corrected chi connectivity index (χ2v) is 5.24. The Balaban J connectivity index is 1.72. The second-order valence-electron chi connectivity index (χ2n) is 4.30. The minimum atomic E-state index is 0.763. The smallest absolute Gasteiger partial charge is 0.214 e. The lowest BCUT2D eigenvalue weighted by atomic mass is 10.3. The van der Waals surface area contributed by atoms with E-state index in [9.17, 15) is 0 Å². The topological polar surface area (TPSA) is 68.5 Å². The van der Waals surface area contributed by atoms with E-state index in [0.29, 0.717) is 0 Å². The largest absolute Gasteiger partial charge is 0.373 e. The van der Waals surface area contributed by atoms with Crippen molar-refractivity contribution in [2.45, 2.75) is 10.9 Å². The average Bonchev–Trinajstić information content (AvgIpc) is 3.03. The number of hydrogen-bond acceptors (Lipinski definition) is 6. The Hall–Kier alpha value is -2.41. The summed E-state index contributed by atoms with van der Waals surface area (Å²) in [6, 6.07) is 13.8. The zero-order valence-electron chi connectivity index (χ0n) is 11.5. The van der Waals surface area contributed by atoms with Gasteiger partial charge in [-0.25, -0.2) is 4.98 Å². The van der Waals surface area contributed by atoms with Crippen LogP contribution >= 0.6 is 11.8 Å². The highest BCUT2D eigenvalue weighted by Crippen LogP contribution is 2.22. The van der Waals surface area contributed by atoms with Gasteiger partial charge in [0.1, 0.15) is 5.82 Å². The summed E-state index contributed by atoms with van der Waals surface area (Å²) in [5.74, 6) is 1.63. The molecule has 0 unspecified atom stereocenters. The molecule has 0 aliphatic carbocycles. The number of tetrazole rings is 1. The Morgan fingerprint density at radius 2 is 2.00 bits per heavy atom. The number of rotatable bonds is 5. The summed E-state index contributed by atoms with van der Waals surface area (Å²) in [4.78, 5) is 4.29. The van der Waals surface area contributed by atoms with Gasteiger partial charge in [-0.3, -0.25) is 0 Å². The van der Waals surface area contributed by atoms with Gasteiger partial charge in [-0.05, 0) is 34.2 Å². The zero-order valence-corrected chi connectivity index (χ0v) is 12.3. The van der Waals surface area contributed by atoms with Crippen molar-refractivity contribution in [2.24, 2.45) is 0 Å². The summed E-state index contributed by atoms with van der Waals surface area (Å²) in [5, 5.41) is 15.6. The molecule has 0 saturated heterocycles. The number of benzene rings is 1. The van der Waals surface area contributed by atoms with E-state index >= 15 is 0 Å². The van der Waals surface area contributed by atoms with Crippen molar-refractivity contribution in [1.82, 2.24) is 25.2 Å². The van der Waals surface area contributed by atoms with Crippen LogP contribution in [0.2, 0.25) is 0 Å². The number of nitrogens with zero attached hydrogens (tertiary/aromatic N) is 5. The predicted octanol–water partition coefficient (Wildman–Crippen LogP) is 2.39. The summed E-state index contributed by atoms with van der Waals surface area (Å²) in [7, 11) is 1.85. The van der Waals surface area contributed by atoms with Crippen molar-refractivity contribution < 1.29 is 0 Å². The van der Waals surface area contributed by atoms with Gasteiger partial charge in [0.05, 0.1) is 5.69 Å². The third-order valence-electron chi connectivity index (χ3n) is 2.89. The molecule has 0 aliphatic rings. The molecule has 0 atom stereocenters. The van der Waals surface area contributed by atoms with Crippen LogP contribution < -0.4 is 5.32 Å². The SMILES string of the molecule is CNc1ccc(CSc2nnnn2-c2ccccc2)cn1. The monoisotopic (exact) mass is 298 g/mol. The minimum absolute atomic E-state index is 0.763. The fourth-order valence-electron chi connectivity index (χ4n) is 1.81. The Morgan fingerprint density at radius 3 is 2.71 bits per heavy atom. The summed E-state index contributed by atoms with van der Waals surface area (Å²) in [6.45, 7) is 0. The van der Waals surface area contributed by atoms with Crippen LogP contribution in [0.3, 0.4) is 0 Å². The molecular weight excluding hydrogens is 284 g/mol. The summed E-state index contributed by atoms with van der Waals surface area (Å²) >= 11 is 1.58. The van der Waals surface area contributed by atoms with Gasteiger partial charge < -0.3 is 5.32 Å². The molecule has 21 heavy (non-hydrogen) atoms. The van der Waals surface area contributed by atoms with Crippen LogP contribution in [0.4, 0.5) is 5.82 Å². The first-order valence-electron chi connectivity index (χ1n) is 6.46. The van der Waals surface area contributed by atoms with E-state index in [4.69, 9.17) is 0 Å². The van der Waals surface area contributed by atoms with E-state index in [0.717, 1.165) is 28.0 Å². The molecule has 1 N–H and O–H groups in total. The maximum atomic E-state index is 4.29.